The summed E-state index contributed by atoms with van der Waals surface area (Å²) in [6.45, 7) is 3.99. The maximum Gasteiger partial charge on any atom is 0.0814 e. The highest BCUT2D eigenvalue weighted by atomic mass is 16.5. The first-order valence-corrected chi connectivity index (χ1v) is 4.91. The molecule has 0 spiro atoms. The molecular formula is C12H18O2. The van der Waals surface area contributed by atoms with Crippen molar-refractivity contribution in [1.82, 2.24) is 0 Å². The van der Waals surface area contributed by atoms with Gasteiger partial charge in [0.1, 0.15) is 0 Å². The molecule has 0 aliphatic heterocycles. The minimum atomic E-state index is -0.425. The predicted octanol–water partition coefficient (Wildman–Crippen LogP) is 2.45. The molecular weight excluding hydrogens is 176 g/mol. The topological polar surface area (TPSA) is 29.5 Å². The summed E-state index contributed by atoms with van der Waals surface area (Å²) in [5, 5.41) is 9.83. The summed E-state index contributed by atoms with van der Waals surface area (Å²) in [5.74, 6) is 0. The van der Waals surface area contributed by atoms with Gasteiger partial charge in [0.2, 0.25) is 0 Å². The summed E-state index contributed by atoms with van der Waals surface area (Å²) >= 11 is 0. The lowest BCUT2D eigenvalue weighted by atomic mass is 10.0. The van der Waals surface area contributed by atoms with E-state index in [9.17, 15) is 5.11 Å². The zero-order valence-corrected chi connectivity index (χ0v) is 9.03. The third-order valence-electron chi connectivity index (χ3n) is 2.42. The molecule has 2 nitrogen and oxygen atoms in total. The maximum absolute atomic E-state index is 9.83. The van der Waals surface area contributed by atoms with Gasteiger partial charge in [0.15, 0.2) is 0 Å². The summed E-state index contributed by atoms with van der Waals surface area (Å²) in [6, 6.07) is 7.94. The molecule has 14 heavy (non-hydrogen) atoms. The molecule has 0 amide bonds. The van der Waals surface area contributed by atoms with E-state index in [1.165, 1.54) is 5.56 Å². The molecule has 0 aromatic heterocycles. The molecule has 1 aromatic carbocycles. The highest BCUT2D eigenvalue weighted by molar-refractivity contribution is 5.23. The van der Waals surface area contributed by atoms with Crippen molar-refractivity contribution in [2.45, 2.75) is 32.5 Å². The van der Waals surface area contributed by atoms with Crippen molar-refractivity contribution in [3.05, 3.63) is 35.4 Å². The molecule has 0 saturated heterocycles. The Balaban J connectivity index is 2.60. The van der Waals surface area contributed by atoms with Crippen molar-refractivity contribution >= 4 is 0 Å². The number of hydrogen-bond acceptors (Lipinski definition) is 2. The van der Waals surface area contributed by atoms with E-state index in [0.717, 1.165) is 5.56 Å². The summed E-state index contributed by atoms with van der Waals surface area (Å²) < 4.78 is 5.11. The molecule has 0 bridgehead atoms. The van der Waals surface area contributed by atoms with Gasteiger partial charge in [-0.1, -0.05) is 29.8 Å². The van der Waals surface area contributed by atoms with Gasteiger partial charge in [0, 0.05) is 13.5 Å². The van der Waals surface area contributed by atoms with Crippen molar-refractivity contribution in [1.29, 1.82) is 0 Å². The second-order valence-corrected chi connectivity index (χ2v) is 3.71. The first kappa shape index (κ1) is 11.2. The maximum atomic E-state index is 9.83. The Morgan fingerprint density at radius 3 is 2.36 bits per heavy atom. The summed E-state index contributed by atoms with van der Waals surface area (Å²) in [7, 11) is 1.66. The molecule has 0 aliphatic rings. The van der Waals surface area contributed by atoms with E-state index in [-0.39, 0.29) is 6.10 Å². The smallest absolute Gasteiger partial charge is 0.0814 e. The van der Waals surface area contributed by atoms with Gasteiger partial charge in [-0.25, -0.2) is 0 Å². The predicted molar refractivity (Wildman–Crippen MR) is 57.2 cm³/mol. The van der Waals surface area contributed by atoms with Crippen molar-refractivity contribution in [2.75, 3.05) is 7.11 Å². The molecule has 1 N–H and O–H groups in total. The van der Waals surface area contributed by atoms with E-state index in [2.05, 4.69) is 0 Å². The lowest BCUT2D eigenvalue weighted by molar-refractivity contribution is 0.0560. The second kappa shape index (κ2) is 5.13. The number of aryl methyl sites for hydroxylation is 1. The van der Waals surface area contributed by atoms with Gasteiger partial charge in [0.25, 0.3) is 0 Å². The number of benzene rings is 1. The normalized spacial score (nSPS) is 15.1. The fourth-order valence-electron chi connectivity index (χ4n) is 1.34. The van der Waals surface area contributed by atoms with Crippen molar-refractivity contribution < 1.29 is 9.84 Å². The van der Waals surface area contributed by atoms with Crippen LogP contribution in [0.4, 0.5) is 0 Å². The molecule has 0 heterocycles. The van der Waals surface area contributed by atoms with Gasteiger partial charge in [-0.15, -0.1) is 0 Å². The zero-order valence-electron chi connectivity index (χ0n) is 9.03. The van der Waals surface area contributed by atoms with E-state index in [1.807, 2.05) is 38.1 Å². The molecule has 2 heteroatoms. The standard InChI is InChI=1S/C12H18O2/c1-9-4-6-11(7-5-9)12(13)8-10(2)14-3/h4-7,10,12-13H,8H2,1-3H3. The Hall–Kier alpha value is -0.860. The molecule has 2 unspecified atom stereocenters. The van der Waals surface area contributed by atoms with Crippen LogP contribution in [0, 0.1) is 6.92 Å². The first-order valence-electron chi connectivity index (χ1n) is 4.91. The average Bonchev–Trinajstić information content (AvgIpc) is 2.18. The fraction of sp³-hybridized carbons (Fsp3) is 0.500. The number of methoxy groups -OCH3 is 1. The van der Waals surface area contributed by atoms with E-state index >= 15 is 0 Å². The van der Waals surface area contributed by atoms with Gasteiger partial charge in [-0.2, -0.15) is 0 Å². The molecule has 0 radical (unpaired) electrons. The first-order chi connectivity index (χ1) is 6.63. The van der Waals surface area contributed by atoms with Crippen LogP contribution in [0.1, 0.15) is 30.6 Å². The SMILES string of the molecule is COC(C)CC(O)c1ccc(C)cc1. The number of rotatable bonds is 4. The van der Waals surface area contributed by atoms with Crippen LogP contribution < -0.4 is 0 Å². The molecule has 0 aliphatic carbocycles. The van der Waals surface area contributed by atoms with Crippen LogP contribution in [-0.2, 0) is 4.74 Å². The Morgan fingerprint density at radius 1 is 1.29 bits per heavy atom. The summed E-state index contributed by atoms with van der Waals surface area (Å²) in [4.78, 5) is 0. The third kappa shape index (κ3) is 3.13. The molecule has 78 valence electrons. The largest absolute Gasteiger partial charge is 0.388 e. The van der Waals surface area contributed by atoms with Crippen LogP contribution in [0.5, 0.6) is 0 Å². The third-order valence-corrected chi connectivity index (χ3v) is 2.42. The van der Waals surface area contributed by atoms with Crippen LogP contribution in [0.2, 0.25) is 0 Å². The molecule has 1 aromatic rings. The van der Waals surface area contributed by atoms with Crippen molar-refractivity contribution in [3.63, 3.8) is 0 Å². The number of aliphatic hydroxyl groups is 1. The van der Waals surface area contributed by atoms with Gasteiger partial charge >= 0.3 is 0 Å². The fourth-order valence-corrected chi connectivity index (χ4v) is 1.34. The number of hydrogen-bond donors (Lipinski definition) is 1. The van der Waals surface area contributed by atoms with Crippen molar-refractivity contribution in [3.8, 4) is 0 Å². The Kier molecular flexibility index (Phi) is 4.11. The number of aliphatic hydroxyl groups excluding tert-OH is 1. The van der Waals surface area contributed by atoms with E-state index < -0.39 is 6.10 Å². The Bertz CT molecular complexity index is 266. The van der Waals surface area contributed by atoms with Gasteiger partial charge in [0.05, 0.1) is 12.2 Å². The van der Waals surface area contributed by atoms with Crippen LogP contribution in [0.25, 0.3) is 0 Å². The van der Waals surface area contributed by atoms with Gasteiger partial charge < -0.3 is 9.84 Å². The summed E-state index contributed by atoms with van der Waals surface area (Å²) in [5.41, 5.74) is 2.17. The van der Waals surface area contributed by atoms with E-state index in [1.54, 1.807) is 7.11 Å². The minimum Gasteiger partial charge on any atom is -0.388 e. The van der Waals surface area contributed by atoms with Crippen molar-refractivity contribution in [2.24, 2.45) is 0 Å². The number of ether oxygens (including phenoxy) is 1. The zero-order chi connectivity index (χ0) is 10.6. The molecule has 0 saturated carbocycles. The van der Waals surface area contributed by atoms with Crippen LogP contribution in [0.3, 0.4) is 0 Å². The van der Waals surface area contributed by atoms with Gasteiger partial charge in [-0.05, 0) is 19.4 Å². The van der Waals surface area contributed by atoms with Crippen LogP contribution in [0.15, 0.2) is 24.3 Å². The average molecular weight is 194 g/mol. The van der Waals surface area contributed by atoms with E-state index in [4.69, 9.17) is 4.74 Å². The summed E-state index contributed by atoms with van der Waals surface area (Å²) in [6.07, 6.45) is 0.302. The Morgan fingerprint density at radius 2 is 1.86 bits per heavy atom. The lowest BCUT2D eigenvalue weighted by Gasteiger charge is -2.15. The van der Waals surface area contributed by atoms with E-state index in [0.29, 0.717) is 6.42 Å². The molecule has 1 rings (SSSR count). The van der Waals surface area contributed by atoms with Crippen LogP contribution >= 0.6 is 0 Å². The quantitative estimate of drug-likeness (QED) is 0.797. The molecule has 0 fully saturated rings. The highest BCUT2D eigenvalue weighted by Crippen LogP contribution is 2.19. The minimum absolute atomic E-state index is 0.0892. The highest BCUT2D eigenvalue weighted by Gasteiger charge is 2.11. The second-order valence-electron chi connectivity index (χ2n) is 3.71. The monoisotopic (exact) mass is 194 g/mol. The lowest BCUT2D eigenvalue weighted by Crippen LogP contribution is -2.10. The Labute approximate surface area is 85.5 Å². The molecule has 2 atom stereocenters. The van der Waals surface area contributed by atoms with Gasteiger partial charge in [-0.3, -0.25) is 0 Å². The van der Waals surface area contributed by atoms with Crippen LogP contribution in [-0.4, -0.2) is 18.3 Å².